The highest BCUT2D eigenvalue weighted by Crippen LogP contribution is 2.34. The van der Waals surface area contributed by atoms with E-state index in [4.69, 9.17) is 4.74 Å². The molecule has 0 amide bonds. The third-order valence-electron chi connectivity index (χ3n) is 4.00. The molecule has 19 heavy (non-hydrogen) atoms. The van der Waals surface area contributed by atoms with Crippen molar-refractivity contribution < 1.29 is 4.74 Å². The molecule has 0 unspecified atom stereocenters. The lowest BCUT2D eigenvalue weighted by Crippen LogP contribution is -2.08. The van der Waals surface area contributed by atoms with Crippen molar-refractivity contribution in [3.63, 3.8) is 0 Å². The fourth-order valence-corrected chi connectivity index (χ4v) is 2.85. The summed E-state index contributed by atoms with van der Waals surface area (Å²) in [6, 6.07) is 4.22. The number of ether oxygens (including phenoxy) is 1. The Morgan fingerprint density at radius 3 is 2.63 bits per heavy atom. The maximum Gasteiger partial charge on any atom is 0.143 e. The van der Waals surface area contributed by atoms with Gasteiger partial charge in [-0.2, -0.15) is 0 Å². The summed E-state index contributed by atoms with van der Waals surface area (Å²) in [7, 11) is 5.87. The Bertz CT molecular complexity index is 584. The molecule has 0 aliphatic rings. The topological polar surface area (TPSA) is 26.2 Å². The summed E-state index contributed by atoms with van der Waals surface area (Å²) in [6.45, 7) is 5.44. The molecule has 0 atom stereocenters. The van der Waals surface area contributed by atoms with Crippen LogP contribution in [-0.4, -0.2) is 25.3 Å². The summed E-state index contributed by atoms with van der Waals surface area (Å²) in [5.41, 5.74) is 5.36. The Balaban J connectivity index is 2.60. The summed E-state index contributed by atoms with van der Waals surface area (Å²) in [5, 5.41) is 4.59. The summed E-state index contributed by atoms with van der Waals surface area (Å²) in [5.74, 6) is 0.964. The molecule has 0 fully saturated rings. The lowest BCUT2D eigenvalue weighted by atomic mass is 10.0. The van der Waals surface area contributed by atoms with Gasteiger partial charge in [0.25, 0.3) is 0 Å². The minimum absolute atomic E-state index is 0.964. The van der Waals surface area contributed by atoms with Crippen molar-refractivity contribution in [2.45, 2.75) is 26.7 Å². The summed E-state index contributed by atoms with van der Waals surface area (Å²) in [6.07, 6.45) is 2.27. The molecule has 3 heteroatoms. The first-order valence-electron chi connectivity index (χ1n) is 6.87. The van der Waals surface area contributed by atoms with Crippen LogP contribution in [0.25, 0.3) is 10.9 Å². The summed E-state index contributed by atoms with van der Waals surface area (Å²) >= 11 is 0. The molecule has 104 valence electrons. The van der Waals surface area contributed by atoms with Crippen LogP contribution in [-0.2, 0) is 13.5 Å². The van der Waals surface area contributed by atoms with E-state index < -0.39 is 0 Å². The van der Waals surface area contributed by atoms with E-state index >= 15 is 0 Å². The van der Waals surface area contributed by atoms with Gasteiger partial charge in [-0.1, -0.05) is 6.07 Å². The number of methoxy groups -OCH3 is 1. The van der Waals surface area contributed by atoms with Crippen LogP contribution >= 0.6 is 0 Å². The molecule has 1 heterocycles. The SMILES string of the molecule is CNCCCc1c(C)n(C)c2c(OC)ccc(C)c12. The first kappa shape index (κ1) is 13.9. The van der Waals surface area contributed by atoms with Gasteiger partial charge >= 0.3 is 0 Å². The zero-order chi connectivity index (χ0) is 14.0. The second-order valence-corrected chi connectivity index (χ2v) is 5.14. The molecule has 0 spiro atoms. The van der Waals surface area contributed by atoms with Crippen LogP contribution in [0.15, 0.2) is 12.1 Å². The molecular weight excluding hydrogens is 236 g/mol. The number of hydrogen-bond acceptors (Lipinski definition) is 2. The van der Waals surface area contributed by atoms with E-state index in [0.29, 0.717) is 0 Å². The van der Waals surface area contributed by atoms with E-state index in [1.165, 1.54) is 27.7 Å². The fourth-order valence-electron chi connectivity index (χ4n) is 2.85. The summed E-state index contributed by atoms with van der Waals surface area (Å²) in [4.78, 5) is 0. The highest BCUT2D eigenvalue weighted by molar-refractivity contribution is 5.93. The van der Waals surface area contributed by atoms with Gasteiger partial charge in [-0.05, 0) is 57.5 Å². The number of aryl methyl sites for hydroxylation is 3. The van der Waals surface area contributed by atoms with Crippen LogP contribution in [0.4, 0.5) is 0 Å². The molecule has 2 rings (SSSR count). The molecule has 0 saturated carbocycles. The smallest absolute Gasteiger partial charge is 0.143 e. The van der Waals surface area contributed by atoms with Crippen LogP contribution in [0.3, 0.4) is 0 Å². The van der Waals surface area contributed by atoms with Crippen molar-refractivity contribution in [2.24, 2.45) is 7.05 Å². The van der Waals surface area contributed by atoms with Gasteiger partial charge in [-0.25, -0.2) is 0 Å². The van der Waals surface area contributed by atoms with Crippen molar-refractivity contribution >= 4 is 10.9 Å². The Morgan fingerprint density at radius 1 is 1.26 bits per heavy atom. The van der Waals surface area contributed by atoms with Gasteiger partial charge < -0.3 is 14.6 Å². The monoisotopic (exact) mass is 260 g/mol. The Labute approximate surface area is 115 Å². The average molecular weight is 260 g/mol. The van der Waals surface area contributed by atoms with E-state index in [1.807, 2.05) is 7.05 Å². The molecule has 0 aliphatic heterocycles. The molecule has 1 aromatic carbocycles. The maximum absolute atomic E-state index is 5.52. The molecule has 0 radical (unpaired) electrons. The van der Waals surface area contributed by atoms with Crippen molar-refractivity contribution in [2.75, 3.05) is 20.7 Å². The molecular formula is C16H24N2O. The largest absolute Gasteiger partial charge is 0.495 e. The van der Waals surface area contributed by atoms with Gasteiger partial charge in [0.1, 0.15) is 5.75 Å². The van der Waals surface area contributed by atoms with Crippen LogP contribution < -0.4 is 10.1 Å². The number of aromatic nitrogens is 1. The van der Waals surface area contributed by atoms with Crippen molar-refractivity contribution in [1.29, 1.82) is 0 Å². The van der Waals surface area contributed by atoms with Gasteiger partial charge in [0, 0.05) is 18.1 Å². The predicted octanol–water partition coefficient (Wildman–Crippen LogP) is 2.96. The summed E-state index contributed by atoms with van der Waals surface area (Å²) < 4.78 is 7.78. The minimum atomic E-state index is 0.964. The standard InChI is InChI=1S/C16H24N2O/c1-11-8-9-14(19-5)16-15(11)13(7-6-10-17-3)12(2)18(16)4/h8-9,17H,6-7,10H2,1-5H3. The molecule has 0 aliphatic carbocycles. The minimum Gasteiger partial charge on any atom is -0.495 e. The normalized spacial score (nSPS) is 11.2. The van der Waals surface area contributed by atoms with Crippen molar-refractivity contribution in [3.05, 3.63) is 29.0 Å². The van der Waals surface area contributed by atoms with Gasteiger partial charge in [-0.3, -0.25) is 0 Å². The number of hydrogen-bond donors (Lipinski definition) is 1. The van der Waals surface area contributed by atoms with Crippen LogP contribution in [0, 0.1) is 13.8 Å². The van der Waals surface area contributed by atoms with Gasteiger partial charge in [0.15, 0.2) is 0 Å². The van der Waals surface area contributed by atoms with Crippen LogP contribution in [0.1, 0.15) is 23.2 Å². The Hall–Kier alpha value is -1.48. The lowest BCUT2D eigenvalue weighted by molar-refractivity contribution is 0.417. The van der Waals surface area contributed by atoms with Crippen LogP contribution in [0.5, 0.6) is 5.75 Å². The first-order valence-corrected chi connectivity index (χ1v) is 6.87. The molecule has 0 bridgehead atoms. The first-order chi connectivity index (χ1) is 9.11. The van der Waals surface area contributed by atoms with Gasteiger partial charge in [0.2, 0.25) is 0 Å². The fraction of sp³-hybridized carbons (Fsp3) is 0.500. The number of nitrogens with zero attached hydrogens (tertiary/aromatic N) is 1. The molecule has 1 aromatic heterocycles. The van der Waals surface area contributed by atoms with Gasteiger partial charge in [-0.15, -0.1) is 0 Å². The van der Waals surface area contributed by atoms with Crippen molar-refractivity contribution in [3.8, 4) is 5.75 Å². The van der Waals surface area contributed by atoms with E-state index in [0.717, 1.165) is 25.1 Å². The number of rotatable bonds is 5. The quantitative estimate of drug-likeness (QED) is 0.837. The highest BCUT2D eigenvalue weighted by Gasteiger charge is 2.16. The zero-order valence-corrected chi connectivity index (χ0v) is 12.6. The van der Waals surface area contributed by atoms with E-state index in [2.05, 4.69) is 42.9 Å². The van der Waals surface area contributed by atoms with Crippen molar-refractivity contribution in [1.82, 2.24) is 9.88 Å². The second kappa shape index (κ2) is 5.66. The second-order valence-electron chi connectivity index (χ2n) is 5.14. The lowest BCUT2D eigenvalue weighted by Gasteiger charge is -2.07. The van der Waals surface area contributed by atoms with E-state index in [9.17, 15) is 0 Å². The number of nitrogens with one attached hydrogen (secondary N) is 1. The number of benzene rings is 1. The molecule has 0 saturated heterocycles. The Morgan fingerprint density at radius 2 is 2.00 bits per heavy atom. The van der Waals surface area contributed by atoms with E-state index in [1.54, 1.807) is 7.11 Å². The van der Waals surface area contributed by atoms with E-state index in [-0.39, 0.29) is 0 Å². The predicted molar refractivity (Wildman–Crippen MR) is 81.2 cm³/mol. The maximum atomic E-state index is 5.52. The van der Waals surface area contributed by atoms with Crippen LogP contribution in [0.2, 0.25) is 0 Å². The molecule has 1 N–H and O–H groups in total. The average Bonchev–Trinajstić information content (AvgIpc) is 2.66. The number of fused-ring (bicyclic) bond motifs is 1. The highest BCUT2D eigenvalue weighted by atomic mass is 16.5. The van der Waals surface area contributed by atoms with Gasteiger partial charge in [0.05, 0.1) is 12.6 Å². The third-order valence-corrected chi connectivity index (χ3v) is 4.00. The zero-order valence-electron chi connectivity index (χ0n) is 12.6. The molecule has 2 aromatic rings. The third kappa shape index (κ3) is 2.35. The molecule has 3 nitrogen and oxygen atoms in total. The Kier molecular flexibility index (Phi) is 4.15.